The van der Waals surface area contributed by atoms with Gasteiger partial charge in [-0.15, -0.1) is 0 Å². The average Bonchev–Trinajstić information content (AvgIpc) is 2.17. The Bertz CT molecular complexity index is 368. The van der Waals surface area contributed by atoms with Gasteiger partial charge in [0.2, 0.25) is 0 Å². The van der Waals surface area contributed by atoms with Crippen molar-refractivity contribution in [3.8, 4) is 0 Å². The molecule has 82 valence electrons. The van der Waals surface area contributed by atoms with Crippen LogP contribution in [-0.4, -0.2) is 11.0 Å². The highest BCUT2D eigenvalue weighted by Gasteiger charge is 2.12. The molecule has 0 saturated heterocycles. The molecular formula is C10H13ClN2O2. The van der Waals surface area contributed by atoms with Gasteiger partial charge in [-0.1, -0.05) is 18.5 Å². The molecule has 0 spiro atoms. The van der Waals surface area contributed by atoms with Crippen molar-refractivity contribution in [1.82, 2.24) is 0 Å². The van der Waals surface area contributed by atoms with Crippen molar-refractivity contribution in [3.63, 3.8) is 0 Å². The predicted molar refractivity (Wildman–Crippen MR) is 61.5 cm³/mol. The van der Waals surface area contributed by atoms with Crippen molar-refractivity contribution in [2.45, 2.75) is 26.3 Å². The summed E-state index contributed by atoms with van der Waals surface area (Å²) in [6.07, 6.45) is 0.981. The summed E-state index contributed by atoms with van der Waals surface area (Å²) in [5.74, 6) is 0. The van der Waals surface area contributed by atoms with Crippen LogP contribution in [0.1, 0.15) is 20.3 Å². The number of halogens is 1. The van der Waals surface area contributed by atoms with Gasteiger partial charge in [0.25, 0.3) is 5.69 Å². The number of benzene rings is 1. The first-order valence-corrected chi connectivity index (χ1v) is 5.13. The molecule has 1 unspecified atom stereocenters. The molecule has 0 fully saturated rings. The molecule has 0 aliphatic carbocycles. The molecule has 0 amide bonds. The Hall–Kier alpha value is -1.29. The van der Waals surface area contributed by atoms with Crippen molar-refractivity contribution < 1.29 is 4.92 Å². The summed E-state index contributed by atoms with van der Waals surface area (Å²) in [6, 6.07) is 4.97. The van der Waals surface area contributed by atoms with E-state index in [-0.39, 0.29) is 10.7 Å². The summed E-state index contributed by atoms with van der Waals surface area (Å²) in [4.78, 5) is 10.0. The lowest BCUT2D eigenvalue weighted by Crippen LogP contribution is -2.13. The molecule has 0 aliphatic rings. The van der Waals surface area contributed by atoms with Crippen LogP contribution in [0.15, 0.2) is 18.2 Å². The highest BCUT2D eigenvalue weighted by atomic mass is 35.5. The molecular weight excluding hydrogens is 216 g/mol. The number of nitrogens with one attached hydrogen (secondary N) is 1. The molecule has 0 saturated carbocycles. The van der Waals surface area contributed by atoms with Crippen LogP contribution in [0, 0.1) is 10.1 Å². The fraction of sp³-hybridized carbons (Fsp3) is 0.400. The third-order valence-electron chi connectivity index (χ3n) is 2.17. The molecule has 5 heteroatoms. The minimum absolute atomic E-state index is 0.0635. The van der Waals surface area contributed by atoms with Gasteiger partial charge < -0.3 is 5.32 Å². The molecule has 0 bridgehead atoms. The Kier molecular flexibility index (Phi) is 3.91. The van der Waals surface area contributed by atoms with E-state index in [1.165, 1.54) is 6.07 Å². The van der Waals surface area contributed by atoms with Gasteiger partial charge in [-0.05, 0) is 25.5 Å². The van der Waals surface area contributed by atoms with Crippen LogP contribution >= 0.6 is 11.6 Å². The van der Waals surface area contributed by atoms with Gasteiger partial charge in [0.05, 0.1) is 4.92 Å². The number of rotatable bonds is 4. The van der Waals surface area contributed by atoms with Crippen molar-refractivity contribution in [3.05, 3.63) is 33.3 Å². The molecule has 1 N–H and O–H groups in total. The van der Waals surface area contributed by atoms with Crippen LogP contribution in [0.5, 0.6) is 0 Å². The first-order chi connectivity index (χ1) is 7.04. The highest BCUT2D eigenvalue weighted by molar-refractivity contribution is 6.32. The lowest BCUT2D eigenvalue weighted by atomic mass is 10.2. The maximum atomic E-state index is 10.5. The van der Waals surface area contributed by atoms with Crippen molar-refractivity contribution in [1.29, 1.82) is 0 Å². The van der Waals surface area contributed by atoms with Gasteiger partial charge >= 0.3 is 0 Å². The average molecular weight is 229 g/mol. The highest BCUT2D eigenvalue weighted by Crippen LogP contribution is 2.27. The van der Waals surface area contributed by atoms with Gasteiger partial charge in [-0.3, -0.25) is 10.1 Å². The molecule has 1 aromatic carbocycles. The summed E-state index contributed by atoms with van der Waals surface area (Å²) in [5, 5.41) is 13.9. The van der Waals surface area contributed by atoms with Crippen LogP contribution in [0.3, 0.4) is 0 Å². The summed E-state index contributed by atoms with van der Waals surface area (Å²) < 4.78 is 0. The zero-order chi connectivity index (χ0) is 11.4. The number of hydrogen-bond acceptors (Lipinski definition) is 3. The number of nitro groups is 1. The molecule has 1 rings (SSSR count). The van der Waals surface area contributed by atoms with Gasteiger partial charge in [-0.2, -0.15) is 0 Å². The minimum Gasteiger partial charge on any atom is -0.383 e. The van der Waals surface area contributed by atoms with Gasteiger partial charge in [0.15, 0.2) is 0 Å². The molecule has 0 aliphatic heterocycles. The number of hydrogen-bond donors (Lipinski definition) is 1. The minimum atomic E-state index is -0.491. The van der Waals surface area contributed by atoms with E-state index in [4.69, 9.17) is 11.6 Å². The lowest BCUT2D eigenvalue weighted by Gasteiger charge is -2.12. The summed E-state index contributed by atoms with van der Waals surface area (Å²) in [7, 11) is 0. The first-order valence-electron chi connectivity index (χ1n) is 4.75. The van der Waals surface area contributed by atoms with Gasteiger partial charge in [0, 0.05) is 17.8 Å². The maximum absolute atomic E-state index is 10.5. The second-order valence-corrected chi connectivity index (χ2v) is 3.78. The summed E-state index contributed by atoms with van der Waals surface area (Å²) in [6.45, 7) is 4.10. The Balaban J connectivity index is 2.87. The standard InChI is InChI=1S/C10H13ClN2O2/c1-3-7(2)12-8-4-5-10(13(14)15)9(11)6-8/h4-7,12H,3H2,1-2H3. The SMILES string of the molecule is CCC(C)Nc1ccc([N+](=O)[O-])c(Cl)c1. The zero-order valence-corrected chi connectivity index (χ0v) is 9.41. The quantitative estimate of drug-likeness (QED) is 0.634. The molecule has 4 nitrogen and oxygen atoms in total. The van der Waals surface area contributed by atoms with E-state index >= 15 is 0 Å². The number of anilines is 1. The smallest absolute Gasteiger partial charge is 0.288 e. The first kappa shape index (κ1) is 11.8. The zero-order valence-electron chi connectivity index (χ0n) is 8.66. The summed E-state index contributed by atoms with van der Waals surface area (Å²) in [5.41, 5.74) is 0.742. The second-order valence-electron chi connectivity index (χ2n) is 3.38. The molecule has 0 aromatic heterocycles. The van der Waals surface area contributed by atoms with Crippen LogP contribution in [0.25, 0.3) is 0 Å². The van der Waals surface area contributed by atoms with E-state index in [2.05, 4.69) is 12.2 Å². The molecule has 0 heterocycles. The van der Waals surface area contributed by atoms with Crippen LogP contribution in [0.2, 0.25) is 5.02 Å². The van der Waals surface area contributed by atoms with Crippen LogP contribution in [0.4, 0.5) is 11.4 Å². The van der Waals surface area contributed by atoms with E-state index in [0.717, 1.165) is 12.1 Å². The van der Waals surface area contributed by atoms with E-state index in [1.54, 1.807) is 12.1 Å². The fourth-order valence-corrected chi connectivity index (χ4v) is 1.38. The van der Waals surface area contributed by atoms with Crippen molar-refractivity contribution >= 4 is 23.0 Å². The van der Waals surface area contributed by atoms with Crippen molar-refractivity contribution in [2.75, 3.05) is 5.32 Å². The fourth-order valence-electron chi connectivity index (χ4n) is 1.13. The molecule has 15 heavy (non-hydrogen) atoms. The second kappa shape index (κ2) is 4.98. The van der Waals surface area contributed by atoms with E-state index in [0.29, 0.717) is 6.04 Å². The molecule has 0 radical (unpaired) electrons. The normalized spacial score (nSPS) is 12.2. The Morgan fingerprint density at radius 3 is 2.73 bits per heavy atom. The molecule has 1 atom stereocenters. The van der Waals surface area contributed by atoms with Crippen molar-refractivity contribution in [2.24, 2.45) is 0 Å². The van der Waals surface area contributed by atoms with Gasteiger partial charge in [0.1, 0.15) is 5.02 Å². The lowest BCUT2D eigenvalue weighted by molar-refractivity contribution is -0.384. The van der Waals surface area contributed by atoms with E-state index in [9.17, 15) is 10.1 Å². The van der Waals surface area contributed by atoms with Crippen LogP contribution < -0.4 is 5.32 Å². The topological polar surface area (TPSA) is 55.2 Å². The Morgan fingerprint density at radius 1 is 1.60 bits per heavy atom. The maximum Gasteiger partial charge on any atom is 0.288 e. The Morgan fingerprint density at radius 2 is 2.27 bits per heavy atom. The number of nitrogens with zero attached hydrogens (tertiary/aromatic N) is 1. The summed E-state index contributed by atoms with van der Waals surface area (Å²) >= 11 is 5.77. The molecule has 1 aromatic rings. The third kappa shape index (κ3) is 3.09. The van der Waals surface area contributed by atoms with Gasteiger partial charge in [-0.25, -0.2) is 0 Å². The van der Waals surface area contributed by atoms with E-state index < -0.39 is 4.92 Å². The number of nitro benzene ring substituents is 1. The third-order valence-corrected chi connectivity index (χ3v) is 2.47. The monoisotopic (exact) mass is 228 g/mol. The van der Waals surface area contributed by atoms with Crippen LogP contribution in [-0.2, 0) is 0 Å². The van der Waals surface area contributed by atoms with E-state index in [1.807, 2.05) is 6.92 Å². The largest absolute Gasteiger partial charge is 0.383 e. The Labute approximate surface area is 93.4 Å². The predicted octanol–water partition coefficient (Wildman–Crippen LogP) is 3.46.